The first-order valence-corrected chi connectivity index (χ1v) is 10.4. The molecule has 6 nitrogen and oxygen atoms in total. The smallest absolute Gasteiger partial charge is 0.462 e. The quantitative estimate of drug-likeness (QED) is 0.625. The fraction of sp³-hybridized carbons (Fsp3) is 0.533. The molecular weight excluding hydrogens is 395 g/mol. The van der Waals surface area contributed by atoms with Crippen LogP contribution in [-0.2, 0) is 19.6 Å². The summed E-state index contributed by atoms with van der Waals surface area (Å²) in [5.74, 6) is -0.747. The number of ether oxygens (including phenoxy) is 2. The summed E-state index contributed by atoms with van der Waals surface area (Å²) in [7, 11) is -4.13. The molecule has 0 aliphatic rings. The molecule has 26 heavy (non-hydrogen) atoms. The van der Waals surface area contributed by atoms with Gasteiger partial charge in [-0.3, -0.25) is 4.79 Å². The highest BCUT2D eigenvalue weighted by molar-refractivity contribution is 7.98. The summed E-state index contributed by atoms with van der Waals surface area (Å²) in [4.78, 5) is 11.8. The number of benzene rings is 1. The number of sulfonamides is 1. The predicted molar refractivity (Wildman–Crippen MR) is 91.5 cm³/mol. The van der Waals surface area contributed by atoms with Crippen LogP contribution in [0.4, 0.5) is 13.2 Å². The topological polar surface area (TPSA) is 81.7 Å². The molecule has 0 spiro atoms. The summed E-state index contributed by atoms with van der Waals surface area (Å²) in [6, 6.07) is 2.59. The van der Waals surface area contributed by atoms with E-state index in [0.717, 1.165) is 24.3 Å². The third kappa shape index (κ3) is 7.83. The number of rotatable bonds is 9. The molecule has 0 saturated heterocycles. The van der Waals surface area contributed by atoms with Crippen molar-refractivity contribution < 1.29 is 35.9 Å². The Balaban J connectivity index is 2.93. The molecule has 0 bridgehead atoms. The van der Waals surface area contributed by atoms with Gasteiger partial charge in [-0.15, -0.1) is 13.2 Å². The number of alkyl halides is 3. The maximum Gasteiger partial charge on any atom is 0.573 e. The zero-order chi connectivity index (χ0) is 20.0. The summed E-state index contributed by atoms with van der Waals surface area (Å²) in [5, 5.41) is 0. The lowest BCUT2D eigenvalue weighted by atomic mass is 10.2. The van der Waals surface area contributed by atoms with Crippen LogP contribution in [-0.4, -0.2) is 44.9 Å². The standard InChI is InChI=1S/C15H20F3NO5S2/c1-10(2)23-14(20)13(8-9-25-3)19-26(21,22)12-6-4-11(5-7-12)24-15(16,17)18/h4-7,10,13,19H,8-9H2,1-3H3/t13-/m0/s1. The van der Waals surface area contributed by atoms with Crippen LogP contribution in [0.5, 0.6) is 5.75 Å². The van der Waals surface area contributed by atoms with E-state index in [2.05, 4.69) is 9.46 Å². The highest BCUT2D eigenvalue weighted by atomic mass is 32.2. The van der Waals surface area contributed by atoms with E-state index in [1.165, 1.54) is 11.8 Å². The Hall–Kier alpha value is -1.46. The fourth-order valence-corrected chi connectivity index (χ4v) is 3.54. The predicted octanol–water partition coefficient (Wildman–Crippen LogP) is 2.94. The van der Waals surface area contributed by atoms with Crippen LogP contribution in [0, 0.1) is 0 Å². The third-order valence-electron chi connectivity index (χ3n) is 2.91. The van der Waals surface area contributed by atoms with Crippen LogP contribution in [0.1, 0.15) is 20.3 Å². The second kappa shape index (κ2) is 9.47. The van der Waals surface area contributed by atoms with Gasteiger partial charge in [-0.2, -0.15) is 16.5 Å². The van der Waals surface area contributed by atoms with Crippen molar-refractivity contribution in [3.8, 4) is 5.75 Å². The van der Waals surface area contributed by atoms with Crippen molar-refractivity contribution in [3.05, 3.63) is 24.3 Å². The Morgan fingerprint density at radius 1 is 1.23 bits per heavy atom. The van der Waals surface area contributed by atoms with Gasteiger partial charge in [0.05, 0.1) is 11.0 Å². The number of nitrogens with one attached hydrogen (secondary N) is 1. The van der Waals surface area contributed by atoms with Crippen molar-refractivity contribution in [2.45, 2.75) is 43.7 Å². The van der Waals surface area contributed by atoms with Crippen LogP contribution in [0.15, 0.2) is 29.2 Å². The number of hydrogen-bond acceptors (Lipinski definition) is 6. The Bertz CT molecular complexity index is 690. The maximum atomic E-state index is 12.4. The van der Waals surface area contributed by atoms with Gasteiger partial charge in [-0.1, -0.05) is 0 Å². The van der Waals surface area contributed by atoms with E-state index in [0.29, 0.717) is 5.75 Å². The second-order valence-electron chi connectivity index (χ2n) is 5.46. The summed E-state index contributed by atoms with van der Waals surface area (Å²) in [6.45, 7) is 3.27. The molecule has 1 aromatic rings. The van der Waals surface area contributed by atoms with Crippen LogP contribution >= 0.6 is 11.8 Å². The molecular formula is C15H20F3NO5S2. The molecule has 1 N–H and O–H groups in total. The molecule has 0 fully saturated rings. The van der Waals surface area contributed by atoms with Crippen molar-refractivity contribution in [1.82, 2.24) is 4.72 Å². The van der Waals surface area contributed by atoms with E-state index in [1.54, 1.807) is 20.1 Å². The third-order valence-corrected chi connectivity index (χ3v) is 5.04. The molecule has 0 heterocycles. The first kappa shape index (κ1) is 22.6. The lowest BCUT2D eigenvalue weighted by Gasteiger charge is -2.19. The van der Waals surface area contributed by atoms with Gasteiger partial charge in [0.15, 0.2) is 0 Å². The number of thioether (sulfide) groups is 1. The van der Waals surface area contributed by atoms with E-state index >= 15 is 0 Å². The molecule has 0 unspecified atom stereocenters. The first-order chi connectivity index (χ1) is 11.9. The molecule has 1 aromatic carbocycles. The number of halogens is 3. The van der Waals surface area contributed by atoms with E-state index in [1.807, 2.05) is 0 Å². The van der Waals surface area contributed by atoms with E-state index in [-0.39, 0.29) is 11.3 Å². The van der Waals surface area contributed by atoms with Crippen molar-refractivity contribution in [3.63, 3.8) is 0 Å². The Labute approximate surface area is 154 Å². The van der Waals surface area contributed by atoms with E-state index in [9.17, 15) is 26.4 Å². The number of esters is 1. The zero-order valence-electron chi connectivity index (χ0n) is 14.4. The average molecular weight is 415 g/mol. The van der Waals surface area contributed by atoms with Gasteiger partial charge in [0.2, 0.25) is 10.0 Å². The molecule has 0 aromatic heterocycles. The van der Waals surface area contributed by atoms with Crippen molar-refractivity contribution in [2.75, 3.05) is 12.0 Å². The lowest BCUT2D eigenvalue weighted by molar-refractivity contribution is -0.274. The molecule has 1 rings (SSSR count). The highest BCUT2D eigenvalue weighted by Crippen LogP contribution is 2.24. The SMILES string of the molecule is CSCC[C@H](NS(=O)(=O)c1ccc(OC(F)(F)F)cc1)C(=O)OC(C)C. The van der Waals surface area contributed by atoms with Gasteiger partial charge in [-0.05, 0) is 56.5 Å². The second-order valence-corrected chi connectivity index (χ2v) is 8.16. The average Bonchev–Trinajstić information content (AvgIpc) is 2.49. The Kier molecular flexibility index (Phi) is 8.22. The summed E-state index contributed by atoms with van der Waals surface area (Å²) >= 11 is 1.43. The fourth-order valence-electron chi connectivity index (χ4n) is 1.85. The molecule has 0 aliphatic heterocycles. The van der Waals surface area contributed by atoms with Crippen molar-refractivity contribution >= 4 is 27.8 Å². The molecule has 0 amide bonds. The van der Waals surface area contributed by atoms with Crippen LogP contribution in [0.3, 0.4) is 0 Å². The van der Waals surface area contributed by atoms with Gasteiger partial charge in [0.1, 0.15) is 11.8 Å². The molecule has 0 aliphatic carbocycles. The summed E-state index contributed by atoms with van der Waals surface area (Å²) in [6.07, 6.45) is -3.27. The van der Waals surface area contributed by atoms with Gasteiger partial charge < -0.3 is 9.47 Å². The van der Waals surface area contributed by atoms with Crippen molar-refractivity contribution in [1.29, 1.82) is 0 Å². The highest BCUT2D eigenvalue weighted by Gasteiger charge is 2.31. The van der Waals surface area contributed by atoms with E-state index < -0.39 is 40.3 Å². The minimum absolute atomic E-state index is 0.210. The summed E-state index contributed by atoms with van der Waals surface area (Å²) in [5.41, 5.74) is 0. The summed E-state index contributed by atoms with van der Waals surface area (Å²) < 4.78 is 72.2. The maximum absolute atomic E-state index is 12.4. The first-order valence-electron chi connectivity index (χ1n) is 7.52. The van der Waals surface area contributed by atoms with Crippen LogP contribution in [0.25, 0.3) is 0 Å². The van der Waals surface area contributed by atoms with E-state index in [4.69, 9.17) is 4.74 Å². The number of carbonyl (C=O) groups excluding carboxylic acids is 1. The van der Waals surface area contributed by atoms with Crippen LogP contribution < -0.4 is 9.46 Å². The molecule has 148 valence electrons. The van der Waals surface area contributed by atoms with Crippen molar-refractivity contribution in [2.24, 2.45) is 0 Å². The minimum Gasteiger partial charge on any atom is -0.462 e. The molecule has 1 atom stereocenters. The van der Waals surface area contributed by atoms with Gasteiger partial charge in [0.25, 0.3) is 0 Å². The molecule has 0 saturated carbocycles. The lowest BCUT2D eigenvalue weighted by Crippen LogP contribution is -2.42. The van der Waals surface area contributed by atoms with Gasteiger partial charge in [-0.25, -0.2) is 8.42 Å². The Morgan fingerprint density at radius 2 is 1.81 bits per heavy atom. The Morgan fingerprint density at radius 3 is 2.27 bits per heavy atom. The van der Waals surface area contributed by atoms with Crippen LogP contribution in [0.2, 0.25) is 0 Å². The number of hydrogen-bond donors (Lipinski definition) is 1. The van der Waals surface area contributed by atoms with Gasteiger partial charge in [0, 0.05) is 0 Å². The zero-order valence-corrected chi connectivity index (χ0v) is 16.0. The normalized spacial score (nSPS) is 13.5. The largest absolute Gasteiger partial charge is 0.573 e. The minimum atomic E-state index is -4.87. The number of carbonyl (C=O) groups is 1. The molecule has 11 heteroatoms. The molecule has 0 radical (unpaired) electrons. The monoisotopic (exact) mass is 415 g/mol. The van der Waals surface area contributed by atoms with Gasteiger partial charge >= 0.3 is 12.3 Å².